The van der Waals surface area contributed by atoms with Gasteiger partial charge in [0.25, 0.3) is 0 Å². The van der Waals surface area contributed by atoms with E-state index in [4.69, 9.17) is 9.40 Å². The van der Waals surface area contributed by atoms with Crippen LogP contribution >= 0.6 is 0 Å². The molecular weight excluding hydrogens is 709 g/mol. The van der Waals surface area contributed by atoms with Crippen LogP contribution in [0.5, 0.6) is 0 Å². The highest BCUT2D eigenvalue weighted by atomic mass is 16.3. The molecular formula is C53H38N4O. The van der Waals surface area contributed by atoms with E-state index >= 15 is 0 Å². The van der Waals surface area contributed by atoms with Crippen molar-refractivity contribution in [2.75, 3.05) is 14.7 Å². The molecule has 0 aliphatic carbocycles. The first-order valence-electron chi connectivity index (χ1n) is 19.5. The smallest absolute Gasteiger partial charge is 0.138 e. The largest absolute Gasteiger partial charge is 0.456 e. The van der Waals surface area contributed by atoms with Crippen LogP contribution in [0.15, 0.2) is 235 Å². The molecule has 5 nitrogen and oxygen atoms in total. The predicted octanol–water partition coefficient (Wildman–Crippen LogP) is 15.1. The molecule has 0 aliphatic rings. The highest BCUT2D eigenvalue weighted by molar-refractivity contribution is 6.10. The van der Waals surface area contributed by atoms with Gasteiger partial charge in [0.05, 0.1) is 5.69 Å². The van der Waals surface area contributed by atoms with E-state index in [0.717, 1.165) is 84.4 Å². The van der Waals surface area contributed by atoms with Gasteiger partial charge in [0.15, 0.2) is 0 Å². The minimum absolute atomic E-state index is 0.805. The Kier molecular flexibility index (Phi) is 9.14. The zero-order valence-electron chi connectivity index (χ0n) is 31.6. The molecule has 58 heavy (non-hydrogen) atoms. The van der Waals surface area contributed by atoms with Crippen LogP contribution in [0.25, 0.3) is 33.1 Å². The molecule has 0 unspecified atom stereocenters. The Bertz CT molecular complexity index is 2820. The summed E-state index contributed by atoms with van der Waals surface area (Å²) in [6.45, 7) is 0. The fraction of sp³-hybridized carbons (Fsp3) is 0. The number of fused-ring (bicyclic) bond motifs is 3. The first kappa shape index (κ1) is 34.6. The second-order valence-electron chi connectivity index (χ2n) is 14.1. The lowest BCUT2D eigenvalue weighted by atomic mass is 9.99. The first-order valence-corrected chi connectivity index (χ1v) is 19.5. The van der Waals surface area contributed by atoms with Crippen molar-refractivity contribution in [1.29, 1.82) is 0 Å². The summed E-state index contributed by atoms with van der Waals surface area (Å²) in [7, 11) is 0. The van der Waals surface area contributed by atoms with E-state index in [1.165, 1.54) is 0 Å². The van der Waals surface area contributed by atoms with Crippen LogP contribution < -0.4 is 14.7 Å². The van der Waals surface area contributed by atoms with Crippen molar-refractivity contribution >= 4 is 73.3 Å². The third-order valence-electron chi connectivity index (χ3n) is 10.4. The minimum Gasteiger partial charge on any atom is -0.456 e. The molecule has 2 heterocycles. The molecule has 0 fully saturated rings. The van der Waals surface area contributed by atoms with Crippen molar-refractivity contribution in [2.24, 2.45) is 0 Å². The number of pyridine rings is 1. The lowest BCUT2D eigenvalue weighted by Gasteiger charge is -2.28. The quantitative estimate of drug-likeness (QED) is 0.139. The normalized spacial score (nSPS) is 11.1. The van der Waals surface area contributed by atoms with Crippen molar-refractivity contribution in [3.8, 4) is 11.1 Å². The third kappa shape index (κ3) is 6.61. The van der Waals surface area contributed by atoms with Gasteiger partial charge in [-0.3, -0.25) is 4.90 Å². The Morgan fingerprint density at radius 2 is 0.759 bits per heavy atom. The summed E-state index contributed by atoms with van der Waals surface area (Å²) >= 11 is 0. The van der Waals surface area contributed by atoms with Gasteiger partial charge < -0.3 is 14.2 Å². The molecule has 2 aromatic heterocycles. The summed E-state index contributed by atoms with van der Waals surface area (Å²) in [5, 5.41) is 2.06. The standard InChI is InChI=1S/C53H38N4O/c1-7-19-40(20-8-1)55(41-21-9-2-10-22-41)46-31-32-51-48(36-46)49-37-50(56(42-23-11-3-12-24-42)43-25-13-4-14-26-43)47(38-52(49)58-51)39-33-34-54-53(35-39)57(44-27-15-5-16-28-44)45-29-17-6-18-30-45/h1-38H. The van der Waals surface area contributed by atoms with E-state index in [2.05, 4.69) is 227 Å². The molecule has 0 spiro atoms. The lowest BCUT2D eigenvalue weighted by Crippen LogP contribution is -2.12. The highest BCUT2D eigenvalue weighted by Crippen LogP contribution is 2.47. The van der Waals surface area contributed by atoms with Crippen LogP contribution in [-0.4, -0.2) is 4.98 Å². The van der Waals surface area contributed by atoms with Crippen molar-refractivity contribution in [2.45, 2.75) is 0 Å². The number of hydrogen-bond donors (Lipinski definition) is 0. The molecule has 0 amide bonds. The summed E-state index contributed by atoms with van der Waals surface area (Å²) in [6.07, 6.45) is 1.90. The monoisotopic (exact) mass is 746 g/mol. The van der Waals surface area contributed by atoms with Gasteiger partial charge in [0.1, 0.15) is 17.0 Å². The van der Waals surface area contributed by atoms with Crippen molar-refractivity contribution in [3.63, 3.8) is 0 Å². The number of aromatic nitrogens is 1. The Hall–Kier alpha value is -7.89. The molecule has 5 heteroatoms. The maximum atomic E-state index is 6.76. The first-order chi connectivity index (χ1) is 28.8. The number of benzene rings is 8. The van der Waals surface area contributed by atoms with E-state index in [9.17, 15) is 0 Å². The SMILES string of the molecule is c1ccc(N(c2ccccc2)c2ccc3oc4cc(-c5ccnc(N(c6ccccc6)c6ccccc6)c5)c(N(c5ccccc5)c5ccccc5)cc4c3c2)cc1. The van der Waals surface area contributed by atoms with Gasteiger partial charge >= 0.3 is 0 Å². The highest BCUT2D eigenvalue weighted by Gasteiger charge is 2.23. The molecule has 0 radical (unpaired) electrons. The molecule has 0 saturated carbocycles. The van der Waals surface area contributed by atoms with E-state index in [0.29, 0.717) is 0 Å². The molecule has 10 aromatic rings. The van der Waals surface area contributed by atoms with Crippen LogP contribution in [-0.2, 0) is 0 Å². The number of para-hydroxylation sites is 6. The minimum atomic E-state index is 0.805. The summed E-state index contributed by atoms with van der Waals surface area (Å²) in [5.74, 6) is 0.808. The van der Waals surface area contributed by atoms with Gasteiger partial charge in [0.2, 0.25) is 0 Å². The molecule has 0 saturated heterocycles. The molecule has 0 N–H and O–H groups in total. The summed E-state index contributed by atoms with van der Waals surface area (Å²) in [6, 6.07) is 78.2. The van der Waals surface area contributed by atoms with Gasteiger partial charge in [0, 0.05) is 62.3 Å². The van der Waals surface area contributed by atoms with Crippen LogP contribution in [0.1, 0.15) is 0 Å². The third-order valence-corrected chi connectivity index (χ3v) is 10.4. The van der Waals surface area contributed by atoms with Crippen LogP contribution in [0.3, 0.4) is 0 Å². The average Bonchev–Trinajstić information content (AvgIpc) is 3.66. The number of furan rings is 1. The lowest BCUT2D eigenvalue weighted by molar-refractivity contribution is 0.669. The maximum Gasteiger partial charge on any atom is 0.138 e. The van der Waals surface area contributed by atoms with Gasteiger partial charge in [-0.15, -0.1) is 0 Å². The Balaban J connectivity index is 1.21. The molecule has 0 bridgehead atoms. The van der Waals surface area contributed by atoms with Gasteiger partial charge in [-0.1, -0.05) is 109 Å². The number of anilines is 9. The Morgan fingerprint density at radius 1 is 0.328 bits per heavy atom. The average molecular weight is 747 g/mol. The molecule has 0 aliphatic heterocycles. The summed E-state index contributed by atoms with van der Waals surface area (Å²) < 4.78 is 6.76. The summed E-state index contributed by atoms with van der Waals surface area (Å²) in [4.78, 5) is 11.8. The van der Waals surface area contributed by atoms with E-state index in [-0.39, 0.29) is 0 Å². The Morgan fingerprint density at radius 3 is 1.24 bits per heavy atom. The van der Waals surface area contributed by atoms with Crippen LogP contribution in [0, 0.1) is 0 Å². The zero-order valence-corrected chi connectivity index (χ0v) is 31.6. The van der Waals surface area contributed by atoms with Gasteiger partial charge in [-0.05, 0) is 121 Å². The van der Waals surface area contributed by atoms with Gasteiger partial charge in [-0.2, -0.15) is 0 Å². The molecule has 8 aromatic carbocycles. The van der Waals surface area contributed by atoms with Crippen molar-refractivity contribution in [1.82, 2.24) is 4.98 Å². The molecule has 0 atom stereocenters. The van der Waals surface area contributed by atoms with Crippen molar-refractivity contribution < 1.29 is 4.42 Å². The fourth-order valence-corrected chi connectivity index (χ4v) is 7.81. The van der Waals surface area contributed by atoms with Crippen LogP contribution in [0.4, 0.5) is 51.3 Å². The number of hydrogen-bond acceptors (Lipinski definition) is 5. The molecule has 276 valence electrons. The summed E-state index contributed by atoms with van der Waals surface area (Å²) in [5.41, 5.74) is 12.0. The second kappa shape index (κ2) is 15.3. The number of nitrogens with zero attached hydrogens (tertiary/aromatic N) is 4. The maximum absolute atomic E-state index is 6.76. The van der Waals surface area contributed by atoms with Crippen molar-refractivity contribution in [3.05, 3.63) is 231 Å². The topological polar surface area (TPSA) is 35.8 Å². The van der Waals surface area contributed by atoms with E-state index in [1.807, 2.05) is 18.3 Å². The predicted molar refractivity (Wildman–Crippen MR) is 241 cm³/mol. The van der Waals surface area contributed by atoms with Crippen LogP contribution in [0.2, 0.25) is 0 Å². The molecule has 10 rings (SSSR count). The fourth-order valence-electron chi connectivity index (χ4n) is 7.81. The van der Waals surface area contributed by atoms with Gasteiger partial charge in [-0.25, -0.2) is 4.98 Å². The second-order valence-corrected chi connectivity index (χ2v) is 14.1. The van der Waals surface area contributed by atoms with E-state index in [1.54, 1.807) is 0 Å². The number of rotatable bonds is 10. The Labute approximate surface area is 337 Å². The van der Waals surface area contributed by atoms with E-state index < -0.39 is 0 Å². The zero-order chi connectivity index (χ0) is 38.7.